The monoisotopic (exact) mass is 420 g/mol. The number of aryl methyl sites for hydroxylation is 1. The summed E-state index contributed by atoms with van der Waals surface area (Å²) in [5.74, 6) is -3.45. The molecule has 0 aliphatic heterocycles. The van der Waals surface area contributed by atoms with Crippen molar-refractivity contribution < 1.29 is 17.4 Å². The summed E-state index contributed by atoms with van der Waals surface area (Å²) in [5.41, 5.74) is 3.33. The third-order valence-electron chi connectivity index (χ3n) is 4.93. The standard InChI is InChI=1S/C22H23F3N2OS/c1-14-11-17(12-26-19(13-29(3)28)16-7-5-4-6-8-16)15(2)27(14)20-10-9-18(23)21(24)22(20)25/h4-11,19,26H,12-13H2,1-3H3/t19-,29-/m1/s1. The topological polar surface area (TPSA) is 34.0 Å². The van der Waals surface area contributed by atoms with E-state index in [1.54, 1.807) is 24.7 Å². The maximum atomic E-state index is 14.3. The van der Waals surface area contributed by atoms with Crippen LogP contribution in [0.5, 0.6) is 0 Å². The number of rotatable bonds is 7. The Kier molecular flexibility index (Phi) is 6.59. The van der Waals surface area contributed by atoms with Gasteiger partial charge < -0.3 is 9.88 Å². The summed E-state index contributed by atoms with van der Waals surface area (Å²) in [6, 6.07) is 13.7. The number of benzene rings is 2. The fraction of sp³-hybridized carbons (Fsp3) is 0.273. The highest BCUT2D eigenvalue weighted by atomic mass is 32.2. The van der Waals surface area contributed by atoms with Crippen LogP contribution in [0.1, 0.15) is 28.6 Å². The average molecular weight is 421 g/mol. The SMILES string of the molecule is Cc1cc(CN[C@H](C[S@@](C)=O)c2ccccc2)c(C)n1-c1ccc(F)c(F)c1F. The molecule has 1 aromatic heterocycles. The highest BCUT2D eigenvalue weighted by molar-refractivity contribution is 7.84. The molecule has 29 heavy (non-hydrogen) atoms. The van der Waals surface area contributed by atoms with Crippen molar-refractivity contribution in [1.29, 1.82) is 0 Å². The van der Waals surface area contributed by atoms with Gasteiger partial charge in [-0.15, -0.1) is 0 Å². The van der Waals surface area contributed by atoms with E-state index in [2.05, 4.69) is 5.32 Å². The van der Waals surface area contributed by atoms with E-state index in [1.807, 2.05) is 36.4 Å². The zero-order valence-electron chi connectivity index (χ0n) is 16.5. The first-order valence-corrected chi connectivity index (χ1v) is 10.9. The van der Waals surface area contributed by atoms with Gasteiger partial charge in [-0.05, 0) is 43.2 Å². The van der Waals surface area contributed by atoms with E-state index in [0.29, 0.717) is 18.0 Å². The van der Waals surface area contributed by atoms with Gasteiger partial charge in [0, 0.05) is 46.8 Å². The molecule has 2 aromatic carbocycles. The molecule has 3 aromatic rings. The van der Waals surface area contributed by atoms with E-state index in [1.165, 1.54) is 6.07 Å². The molecule has 0 fully saturated rings. The van der Waals surface area contributed by atoms with Crippen LogP contribution >= 0.6 is 0 Å². The van der Waals surface area contributed by atoms with Crippen LogP contribution in [0.2, 0.25) is 0 Å². The van der Waals surface area contributed by atoms with E-state index < -0.39 is 28.3 Å². The largest absolute Gasteiger partial charge is 0.315 e. The van der Waals surface area contributed by atoms with Gasteiger partial charge in [0.1, 0.15) is 0 Å². The molecule has 7 heteroatoms. The smallest absolute Gasteiger partial charge is 0.196 e. The van der Waals surface area contributed by atoms with E-state index in [4.69, 9.17) is 0 Å². The van der Waals surface area contributed by atoms with Crippen LogP contribution < -0.4 is 5.32 Å². The van der Waals surface area contributed by atoms with Crippen LogP contribution in [-0.2, 0) is 17.3 Å². The Hall–Kier alpha value is -2.38. The fourth-order valence-corrected chi connectivity index (χ4v) is 4.27. The van der Waals surface area contributed by atoms with Gasteiger partial charge in [0.15, 0.2) is 17.5 Å². The molecule has 0 spiro atoms. The zero-order valence-corrected chi connectivity index (χ0v) is 17.3. The molecule has 3 rings (SSSR count). The van der Waals surface area contributed by atoms with Crippen molar-refractivity contribution in [1.82, 2.24) is 9.88 Å². The lowest BCUT2D eigenvalue weighted by Gasteiger charge is -2.18. The van der Waals surface area contributed by atoms with Crippen molar-refractivity contribution >= 4 is 10.8 Å². The minimum absolute atomic E-state index is 0.0283. The second kappa shape index (κ2) is 8.97. The molecule has 0 unspecified atom stereocenters. The Bertz CT molecular complexity index is 1030. The van der Waals surface area contributed by atoms with Crippen molar-refractivity contribution in [3.63, 3.8) is 0 Å². The summed E-state index contributed by atoms with van der Waals surface area (Å²) in [6.45, 7) is 4.05. The summed E-state index contributed by atoms with van der Waals surface area (Å²) in [5, 5.41) is 3.42. The lowest BCUT2D eigenvalue weighted by Crippen LogP contribution is -2.26. The molecule has 1 heterocycles. The number of hydrogen-bond donors (Lipinski definition) is 1. The average Bonchev–Trinajstić information content (AvgIpc) is 2.97. The number of nitrogens with zero attached hydrogens (tertiary/aromatic N) is 1. The Morgan fingerprint density at radius 3 is 2.38 bits per heavy atom. The fourth-order valence-electron chi connectivity index (χ4n) is 3.49. The van der Waals surface area contributed by atoms with Gasteiger partial charge in [-0.1, -0.05) is 30.3 Å². The highest BCUT2D eigenvalue weighted by Crippen LogP contribution is 2.26. The number of halogens is 3. The van der Waals surface area contributed by atoms with Crippen LogP contribution in [0.3, 0.4) is 0 Å². The van der Waals surface area contributed by atoms with E-state index in [0.717, 1.165) is 22.9 Å². The molecule has 0 amide bonds. The maximum Gasteiger partial charge on any atom is 0.196 e. The van der Waals surface area contributed by atoms with E-state index in [-0.39, 0.29) is 11.7 Å². The first-order valence-electron chi connectivity index (χ1n) is 9.19. The lowest BCUT2D eigenvalue weighted by atomic mass is 10.1. The Morgan fingerprint density at radius 2 is 1.72 bits per heavy atom. The van der Waals surface area contributed by atoms with Gasteiger partial charge in [0.25, 0.3) is 0 Å². The molecule has 1 N–H and O–H groups in total. The maximum absolute atomic E-state index is 14.3. The van der Waals surface area contributed by atoms with E-state index in [9.17, 15) is 17.4 Å². The van der Waals surface area contributed by atoms with Crippen LogP contribution in [0.25, 0.3) is 5.69 Å². The Balaban J connectivity index is 1.88. The van der Waals surface area contributed by atoms with Crippen molar-refractivity contribution in [3.05, 3.63) is 88.5 Å². The Morgan fingerprint density at radius 1 is 1.03 bits per heavy atom. The number of hydrogen-bond acceptors (Lipinski definition) is 2. The Labute approximate surface area is 171 Å². The third-order valence-corrected chi connectivity index (χ3v) is 5.74. The van der Waals surface area contributed by atoms with Gasteiger partial charge >= 0.3 is 0 Å². The van der Waals surface area contributed by atoms with Gasteiger partial charge in [-0.2, -0.15) is 0 Å². The molecule has 0 aliphatic rings. The summed E-state index contributed by atoms with van der Waals surface area (Å²) >= 11 is 0. The molecule has 154 valence electrons. The lowest BCUT2D eigenvalue weighted by molar-refractivity contribution is 0.444. The molecule has 0 saturated carbocycles. The summed E-state index contributed by atoms with van der Waals surface area (Å²) in [6.07, 6.45) is 1.66. The predicted octanol–water partition coefficient (Wildman–Crippen LogP) is 4.72. The van der Waals surface area contributed by atoms with Crippen LogP contribution in [0.15, 0.2) is 48.5 Å². The molecule has 2 atom stereocenters. The summed E-state index contributed by atoms with van der Waals surface area (Å²) < 4.78 is 54.7. The third kappa shape index (κ3) is 4.62. The zero-order chi connectivity index (χ0) is 21.1. The van der Waals surface area contributed by atoms with Crippen molar-refractivity contribution in [2.75, 3.05) is 12.0 Å². The number of aromatic nitrogens is 1. The normalized spacial score (nSPS) is 13.4. The molecular formula is C22H23F3N2OS. The highest BCUT2D eigenvalue weighted by Gasteiger charge is 2.20. The predicted molar refractivity (Wildman–Crippen MR) is 110 cm³/mol. The van der Waals surface area contributed by atoms with E-state index >= 15 is 0 Å². The van der Waals surface area contributed by atoms with Gasteiger partial charge in [-0.25, -0.2) is 13.2 Å². The first kappa shape index (κ1) is 21.3. The molecule has 0 saturated heterocycles. The summed E-state index contributed by atoms with van der Waals surface area (Å²) in [7, 11) is -0.991. The minimum atomic E-state index is -1.48. The molecule has 0 aliphatic carbocycles. The number of nitrogens with one attached hydrogen (secondary N) is 1. The molecule has 3 nitrogen and oxygen atoms in total. The second-order valence-electron chi connectivity index (χ2n) is 7.01. The van der Waals surface area contributed by atoms with Crippen LogP contribution in [-0.4, -0.2) is 20.8 Å². The molecule has 0 radical (unpaired) electrons. The van der Waals surface area contributed by atoms with Crippen molar-refractivity contribution in [2.24, 2.45) is 0 Å². The van der Waals surface area contributed by atoms with Crippen molar-refractivity contribution in [2.45, 2.75) is 26.4 Å². The van der Waals surface area contributed by atoms with Gasteiger partial charge in [0.2, 0.25) is 0 Å². The summed E-state index contributed by atoms with van der Waals surface area (Å²) in [4.78, 5) is 0. The first-order chi connectivity index (χ1) is 13.8. The molecule has 0 bridgehead atoms. The molecular weight excluding hydrogens is 397 g/mol. The van der Waals surface area contributed by atoms with Crippen LogP contribution in [0, 0.1) is 31.3 Å². The van der Waals surface area contributed by atoms with Crippen molar-refractivity contribution in [3.8, 4) is 5.69 Å². The van der Waals surface area contributed by atoms with Gasteiger partial charge in [0.05, 0.1) is 5.69 Å². The quantitative estimate of drug-likeness (QED) is 0.561. The van der Waals surface area contributed by atoms with Gasteiger partial charge in [-0.3, -0.25) is 4.21 Å². The minimum Gasteiger partial charge on any atom is -0.315 e. The second-order valence-corrected chi connectivity index (χ2v) is 8.49. The van der Waals surface area contributed by atoms with Crippen LogP contribution in [0.4, 0.5) is 13.2 Å².